The molecule has 1 saturated heterocycles. The molecule has 3 nitrogen and oxygen atoms in total. The highest BCUT2D eigenvalue weighted by atomic mass is 16.3. The lowest BCUT2D eigenvalue weighted by Gasteiger charge is -2.69. The van der Waals surface area contributed by atoms with Gasteiger partial charge in [-0.2, -0.15) is 0 Å². The van der Waals surface area contributed by atoms with Crippen molar-refractivity contribution in [3.05, 3.63) is 30.0 Å². The molecule has 0 bridgehead atoms. The van der Waals surface area contributed by atoms with Crippen molar-refractivity contribution in [1.82, 2.24) is 9.88 Å². The van der Waals surface area contributed by atoms with Gasteiger partial charge in [-0.15, -0.1) is 0 Å². The van der Waals surface area contributed by atoms with Crippen molar-refractivity contribution in [3.63, 3.8) is 0 Å². The summed E-state index contributed by atoms with van der Waals surface area (Å²) in [5.41, 5.74) is 2.20. The molecular weight excluding hydrogens is 265 g/mol. The molecule has 0 radical (unpaired) electrons. The van der Waals surface area contributed by atoms with Crippen LogP contribution in [0.1, 0.15) is 12.0 Å². The second kappa shape index (κ2) is 4.70. The highest BCUT2D eigenvalue weighted by Crippen LogP contribution is 2.42. The van der Waals surface area contributed by atoms with Crippen molar-refractivity contribution >= 4 is 58.0 Å². The van der Waals surface area contributed by atoms with E-state index in [4.69, 9.17) is 0 Å². The Morgan fingerprint density at radius 1 is 1.18 bits per heavy atom. The van der Waals surface area contributed by atoms with Crippen LogP contribution in [0.25, 0.3) is 10.9 Å². The Hall–Kier alpha value is -1.09. The number of aromatic amines is 1. The van der Waals surface area contributed by atoms with Gasteiger partial charge in [0.15, 0.2) is 0 Å². The molecular formula is C13H22B6N2O. The van der Waals surface area contributed by atoms with Crippen LogP contribution in [0.5, 0.6) is 5.75 Å². The fourth-order valence-corrected chi connectivity index (χ4v) is 5.50. The summed E-state index contributed by atoms with van der Waals surface area (Å²) in [6, 6.07) is 5.66. The minimum atomic E-state index is 0.0304. The molecule has 1 aliphatic heterocycles. The van der Waals surface area contributed by atoms with Gasteiger partial charge in [-0.25, -0.2) is 0 Å². The van der Waals surface area contributed by atoms with Crippen molar-refractivity contribution < 1.29 is 5.11 Å². The fraction of sp³-hybridized carbons (Fsp3) is 0.385. The van der Waals surface area contributed by atoms with Gasteiger partial charge in [0, 0.05) is 17.1 Å². The molecule has 0 spiro atoms. The molecule has 3 rings (SSSR count). The van der Waals surface area contributed by atoms with Crippen molar-refractivity contribution in [2.45, 2.75) is 28.9 Å². The molecule has 9 heteroatoms. The molecule has 0 unspecified atom stereocenters. The van der Waals surface area contributed by atoms with Crippen LogP contribution in [0.15, 0.2) is 24.4 Å². The average molecular weight is 287 g/mol. The van der Waals surface area contributed by atoms with Crippen LogP contribution in [0.3, 0.4) is 0 Å². The van der Waals surface area contributed by atoms with Crippen LogP contribution >= 0.6 is 0 Å². The summed E-state index contributed by atoms with van der Waals surface area (Å²) in [6.07, 6.45) is 4.17. The highest BCUT2D eigenvalue weighted by Gasteiger charge is 2.54. The molecule has 0 aliphatic carbocycles. The number of benzene rings is 1. The Kier molecular flexibility index (Phi) is 3.38. The SMILES string of the molecule is BC(B)(Cc1c[nH]c2cccc(O)c12)N1C(B)(B)CC1(B)B. The molecule has 1 aromatic heterocycles. The zero-order chi connectivity index (χ0) is 16.3. The predicted molar refractivity (Wildman–Crippen MR) is 110 cm³/mol. The molecule has 2 aromatic rings. The quantitative estimate of drug-likeness (QED) is 0.563. The maximum absolute atomic E-state index is 10.2. The molecule has 2 heterocycles. The van der Waals surface area contributed by atoms with Crippen LogP contribution in [0.4, 0.5) is 0 Å². The topological polar surface area (TPSA) is 39.3 Å². The van der Waals surface area contributed by atoms with Gasteiger partial charge in [0.05, 0.1) is 0 Å². The van der Waals surface area contributed by atoms with E-state index in [2.05, 4.69) is 57.0 Å². The summed E-state index contributed by atoms with van der Waals surface area (Å²) in [5.74, 6) is 0.367. The van der Waals surface area contributed by atoms with Gasteiger partial charge >= 0.3 is 0 Å². The van der Waals surface area contributed by atoms with Gasteiger partial charge in [0.1, 0.15) is 52.8 Å². The number of H-pyrrole nitrogens is 1. The zero-order valence-electron chi connectivity index (χ0n) is 14.6. The van der Waals surface area contributed by atoms with E-state index in [9.17, 15) is 5.11 Å². The van der Waals surface area contributed by atoms with E-state index in [-0.39, 0.29) is 16.0 Å². The Morgan fingerprint density at radius 3 is 2.41 bits per heavy atom. The zero-order valence-corrected chi connectivity index (χ0v) is 14.6. The Labute approximate surface area is 138 Å². The van der Waals surface area contributed by atoms with Crippen molar-refractivity contribution in [2.24, 2.45) is 0 Å². The van der Waals surface area contributed by atoms with Crippen LogP contribution in [-0.2, 0) is 6.42 Å². The monoisotopic (exact) mass is 288 g/mol. The number of aromatic nitrogens is 1. The number of hydrogen-bond donors (Lipinski definition) is 2. The van der Waals surface area contributed by atoms with E-state index in [1.54, 1.807) is 6.07 Å². The van der Waals surface area contributed by atoms with E-state index >= 15 is 0 Å². The first-order chi connectivity index (χ1) is 10.0. The summed E-state index contributed by atoms with van der Waals surface area (Å²) in [6.45, 7) is 0. The smallest absolute Gasteiger partial charge is 0.125 e. The largest absolute Gasteiger partial charge is 0.507 e. The predicted octanol–water partition coefficient (Wildman–Crippen LogP) is -4.12. The third kappa shape index (κ3) is 2.34. The fourth-order valence-electron chi connectivity index (χ4n) is 5.50. The molecule has 108 valence electrons. The number of phenolic OH excluding ortho intramolecular Hbond substituents is 1. The lowest BCUT2D eigenvalue weighted by molar-refractivity contribution is 0.0243. The molecule has 0 amide bonds. The first-order valence-corrected chi connectivity index (χ1v) is 8.13. The van der Waals surface area contributed by atoms with Gasteiger partial charge in [0.25, 0.3) is 0 Å². The number of fused-ring (bicyclic) bond motifs is 1. The standard InChI is InChI=1S/C13H22B6N2O/c14-11(15,21-12(16,17)6-13(21,18)19)4-7-5-20-8-2-1-3-9(22)10(7)8/h1-3,5,20,22H,4,6,14-19H2. The lowest BCUT2D eigenvalue weighted by Crippen LogP contribution is -2.82. The van der Waals surface area contributed by atoms with Crippen molar-refractivity contribution in [1.29, 1.82) is 0 Å². The molecule has 1 fully saturated rings. The molecule has 1 aliphatic rings. The number of likely N-dealkylation sites (tertiary alicyclic amines) is 1. The highest BCUT2D eigenvalue weighted by molar-refractivity contribution is 6.51. The number of hydrogen-bond acceptors (Lipinski definition) is 2. The third-order valence-corrected chi connectivity index (χ3v) is 5.07. The summed E-state index contributed by atoms with van der Waals surface area (Å²) in [5, 5.41) is 11.7. The number of rotatable bonds is 3. The molecule has 2 N–H and O–H groups in total. The molecule has 0 saturated carbocycles. The Morgan fingerprint density at radius 2 is 1.82 bits per heavy atom. The number of nitrogens with zero attached hydrogens (tertiary/aromatic N) is 1. The first kappa shape index (κ1) is 15.8. The third-order valence-electron chi connectivity index (χ3n) is 5.07. The summed E-state index contributed by atoms with van der Waals surface area (Å²) in [7, 11) is 13.9. The minimum absolute atomic E-state index is 0.0304. The van der Waals surface area contributed by atoms with E-state index in [1.807, 2.05) is 18.3 Å². The Bertz CT molecular complexity index is 712. The van der Waals surface area contributed by atoms with Crippen LogP contribution in [-0.4, -0.2) is 78.1 Å². The van der Waals surface area contributed by atoms with E-state index in [0.29, 0.717) is 5.75 Å². The second-order valence-corrected chi connectivity index (χ2v) is 8.64. The van der Waals surface area contributed by atoms with E-state index in [0.717, 1.165) is 17.3 Å². The van der Waals surface area contributed by atoms with Gasteiger partial charge in [0.2, 0.25) is 0 Å². The summed E-state index contributed by atoms with van der Waals surface area (Å²) >= 11 is 0. The number of aromatic hydroxyl groups is 1. The first-order valence-electron chi connectivity index (χ1n) is 8.13. The number of nitrogens with one attached hydrogen (secondary N) is 1. The minimum Gasteiger partial charge on any atom is -0.507 e. The van der Waals surface area contributed by atoms with E-state index < -0.39 is 0 Å². The van der Waals surface area contributed by atoms with Crippen molar-refractivity contribution in [2.75, 3.05) is 0 Å². The second-order valence-electron chi connectivity index (χ2n) is 8.64. The van der Waals surface area contributed by atoms with E-state index in [1.165, 1.54) is 12.0 Å². The van der Waals surface area contributed by atoms with Crippen LogP contribution in [0, 0.1) is 0 Å². The van der Waals surface area contributed by atoms with Crippen molar-refractivity contribution in [3.8, 4) is 5.75 Å². The summed E-state index contributed by atoms with van der Waals surface area (Å²) < 4.78 is 0. The number of phenols is 1. The molecule has 0 atom stereocenters. The van der Waals surface area contributed by atoms with Gasteiger partial charge in [-0.3, -0.25) is 0 Å². The van der Waals surface area contributed by atoms with Crippen LogP contribution < -0.4 is 0 Å². The average Bonchev–Trinajstić information content (AvgIpc) is 2.69. The van der Waals surface area contributed by atoms with Gasteiger partial charge < -0.3 is 15.0 Å². The maximum Gasteiger partial charge on any atom is 0.125 e. The molecule has 1 aromatic carbocycles. The Balaban J connectivity index is 1.97. The van der Waals surface area contributed by atoms with Gasteiger partial charge in [-0.05, 0) is 46.6 Å². The van der Waals surface area contributed by atoms with Gasteiger partial charge in [-0.1, -0.05) is 6.07 Å². The summed E-state index contributed by atoms with van der Waals surface area (Å²) in [4.78, 5) is 5.92. The maximum atomic E-state index is 10.2. The lowest BCUT2D eigenvalue weighted by atomic mass is 9.34. The molecule has 22 heavy (non-hydrogen) atoms. The van der Waals surface area contributed by atoms with Crippen LogP contribution in [0.2, 0.25) is 0 Å². The normalized spacial score (nSPS) is 20.7.